The van der Waals surface area contributed by atoms with Crippen LogP contribution in [0.15, 0.2) is 48.5 Å². The highest BCUT2D eigenvalue weighted by atomic mass is 35.5. The van der Waals surface area contributed by atoms with Crippen LogP contribution in [0.25, 0.3) is 0 Å². The first-order chi connectivity index (χ1) is 16.7. The van der Waals surface area contributed by atoms with Gasteiger partial charge in [-0.25, -0.2) is 0 Å². The Morgan fingerprint density at radius 1 is 0.889 bits per heavy atom. The molecule has 1 aliphatic carbocycles. The van der Waals surface area contributed by atoms with Crippen LogP contribution in [0.4, 0.5) is 0 Å². The molecule has 0 heterocycles. The minimum absolute atomic E-state index is 0.0129. The Bertz CT molecular complexity index is 984. The smallest absolute Gasteiger partial charge is 0.193 e. The first kappa shape index (κ1) is 30.1. The Balaban J connectivity index is 2.08. The van der Waals surface area contributed by atoms with Crippen molar-refractivity contribution in [1.82, 2.24) is 5.32 Å². The van der Waals surface area contributed by atoms with E-state index in [0.29, 0.717) is 11.3 Å². The van der Waals surface area contributed by atoms with Crippen LogP contribution < -0.4 is 5.32 Å². The van der Waals surface area contributed by atoms with Gasteiger partial charge in [0.05, 0.1) is 12.1 Å². The standard InChI is InChI=1S/C30H45Cl2NOSSi/c1-29(2,3)35-26-15-10-9-14-25(26)33-27(21-16-18-23(31)19-17-21)28(22-12-11-13-24(32)20-22)34-36(7,8)30(4,5)6/h11-13,16-20,25-28,33H,9-10,14-15H2,1-8H3/t25-,26-,27-,28-/m1/s1. The Kier molecular flexibility index (Phi) is 10.1. The predicted octanol–water partition coefficient (Wildman–Crippen LogP) is 10.2. The van der Waals surface area contributed by atoms with Crippen LogP contribution >= 0.6 is 35.0 Å². The topological polar surface area (TPSA) is 21.3 Å². The molecule has 1 fully saturated rings. The van der Waals surface area contributed by atoms with Gasteiger partial charge in [-0.1, -0.05) is 102 Å². The maximum atomic E-state index is 7.25. The largest absolute Gasteiger partial charge is 0.408 e. The second-order valence-electron chi connectivity index (χ2n) is 12.7. The molecule has 4 atom stereocenters. The normalized spacial score (nSPS) is 21.3. The van der Waals surface area contributed by atoms with E-state index < -0.39 is 8.32 Å². The van der Waals surface area contributed by atoms with Crippen molar-refractivity contribution in [2.45, 2.75) is 114 Å². The average Bonchev–Trinajstić information content (AvgIpc) is 2.76. The molecule has 2 nitrogen and oxygen atoms in total. The summed E-state index contributed by atoms with van der Waals surface area (Å²) in [6.07, 6.45) is 4.83. The summed E-state index contributed by atoms with van der Waals surface area (Å²) >= 11 is 15.0. The Morgan fingerprint density at radius 2 is 1.53 bits per heavy atom. The highest BCUT2D eigenvalue weighted by Gasteiger charge is 2.42. The summed E-state index contributed by atoms with van der Waals surface area (Å²) in [5.74, 6) is 0. The van der Waals surface area contributed by atoms with Gasteiger partial charge in [0.15, 0.2) is 8.32 Å². The van der Waals surface area contributed by atoms with Crippen molar-refractivity contribution in [2.24, 2.45) is 0 Å². The fourth-order valence-electron chi connectivity index (χ4n) is 4.65. The van der Waals surface area contributed by atoms with Gasteiger partial charge in [0, 0.05) is 26.1 Å². The predicted molar refractivity (Wildman–Crippen MR) is 163 cm³/mol. The molecule has 200 valence electrons. The van der Waals surface area contributed by atoms with Crippen molar-refractivity contribution >= 4 is 43.3 Å². The quantitative estimate of drug-likeness (QED) is 0.321. The summed E-state index contributed by atoms with van der Waals surface area (Å²) < 4.78 is 7.47. The second kappa shape index (κ2) is 12.1. The second-order valence-corrected chi connectivity index (χ2v) is 20.4. The van der Waals surface area contributed by atoms with Crippen molar-refractivity contribution in [3.63, 3.8) is 0 Å². The molecule has 1 N–H and O–H groups in total. The van der Waals surface area contributed by atoms with Crippen LogP contribution in [0.1, 0.15) is 90.5 Å². The Morgan fingerprint density at radius 3 is 2.11 bits per heavy atom. The van der Waals surface area contributed by atoms with Gasteiger partial charge in [0.25, 0.3) is 0 Å². The molecule has 36 heavy (non-hydrogen) atoms. The van der Waals surface area contributed by atoms with Crippen molar-refractivity contribution in [3.05, 3.63) is 69.7 Å². The first-order valence-electron chi connectivity index (χ1n) is 13.3. The van der Waals surface area contributed by atoms with Gasteiger partial charge in [0.1, 0.15) is 0 Å². The van der Waals surface area contributed by atoms with Gasteiger partial charge in [-0.05, 0) is 66.4 Å². The monoisotopic (exact) mass is 565 g/mol. The van der Waals surface area contributed by atoms with Crippen molar-refractivity contribution in [2.75, 3.05) is 0 Å². The van der Waals surface area contributed by atoms with E-state index in [4.69, 9.17) is 27.6 Å². The summed E-state index contributed by atoms with van der Waals surface area (Å²) in [5.41, 5.74) is 2.32. The van der Waals surface area contributed by atoms with E-state index >= 15 is 0 Å². The third-order valence-corrected chi connectivity index (χ3v) is 14.1. The maximum absolute atomic E-state index is 7.25. The number of hydrogen-bond acceptors (Lipinski definition) is 3. The number of nitrogens with one attached hydrogen (secondary N) is 1. The average molecular weight is 567 g/mol. The Hall–Kier alpha value is -0.493. The van der Waals surface area contributed by atoms with E-state index in [-0.39, 0.29) is 21.9 Å². The molecular formula is C30H45Cl2NOSSi. The fourth-order valence-corrected chi connectivity index (χ4v) is 7.81. The third kappa shape index (κ3) is 8.25. The molecule has 0 spiro atoms. The number of benzene rings is 2. The van der Waals surface area contributed by atoms with E-state index in [1.165, 1.54) is 31.2 Å². The van der Waals surface area contributed by atoms with Gasteiger partial charge in [-0.3, -0.25) is 0 Å². The third-order valence-electron chi connectivity index (χ3n) is 7.54. The summed E-state index contributed by atoms with van der Waals surface area (Å²) in [6, 6.07) is 16.9. The molecule has 0 bridgehead atoms. The van der Waals surface area contributed by atoms with Gasteiger partial charge >= 0.3 is 0 Å². The van der Waals surface area contributed by atoms with Gasteiger partial charge in [-0.2, -0.15) is 11.8 Å². The van der Waals surface area contributed by atoms with Crippen molar-refractivity contribution in [3.8, 4) is 0 Å². The van der Waals surface area contributed by atoms with Gasteiger partial charge < -0.3 is 9.74 Å². The summed E-state index contributed by atoms with van der Waals surface area (Å²) in [6.45, 7) is 18.6. The highest BCUT2D eigenvalue weighted by molar-refractivity contribution is 8.01. The molecule has 0 aliphatic heterocycles. The number of halogens is 2. The number of rotatable bonds is 8. The van der Waals surface area contributed by atoms with E-state index in [1.54, 1.807) is 0 Å². The van der Waals surface area contributed by atoms with Crippen LogP contribution in [-0.4, -0.2) is 24.4 Å². The van der Waals surface area contributed by atoms with Gasteiger partial charge in [-0.15, -0.1) is 0 Å². The molecule has 6 heteroatoms. The zero-order chi connectivity index (χ0) is 26.7. The van der Waals surface area contributed by atoms with E-state index in [9.17, 15) is 0 Å². The number of thioether (sulfide) groups is 1. The van der Waals surface area contributed by atoms with Crippen LogP contribution in [0.5, 0.6) is 0 Å². The van der Waals surface area contributed by atoms with Crippen LogP contribution in [0.3, 0.4) is 0 Å². The molecule has 0 aromatic heterocycles. The molecule has 0 unspecified atom stereocenters. The van der Waals surface area contributed by atoms with E-state index in [1.807, 2.05) is 24.3 Å². The Labute approximate surface area is 235 Å². The highest BCUT2D eigenvalue weighted by Crippen LogP contribution is 2.45. The van der Waals surface area contributed by atoms with Crippen LogP contribution in [0.2, 0.25) is 28.2 Å². The molecule has 2 aromatic rings. The number of hydrogen-bond donors (Lipinski definition) is 1. The minimum Gasteiger partial charge on any atom is -0.408 e. The van der Waals surface area contributed by atoms with Crippen molar-refractivity contribution in [1.29, 1.82) is 0 Å². The summed E-state index contributed by atoms with van der Waals surface area (Å²) in [4.78, 5) is 0. The fraction of sp³-hybridized carbons (Fsp3) is 0.600. The lowest BCUT2D eigenvalue weighted by Gasteiger charge is -2.44. The summed E-state index contributed by atoms with van der Waals surface area (Å²) in [5, 5.41) is 6.30. The molecule has 1 aliphatic rings. The van der Waals surface area contributed by atoms with Gasteiger partial charge in [0.2, 0.25) is 0 Å². The SMILES string of the molecule is CC(C)(C)S[C@@H]1CCCC[C@H]1N[C@H](c1ccc(Cl)cc1)[C@H](O[Si](C)(C)C(C)(C)C)c1cccc(Cl)c1. The molecule has 0 saturated heterocycles. The van der Waals surface area contributed by atoms with E-state index in [2.05, 4.69) is 96.0 Å². The molecular weight excluding hydrogens is 521 g/mol. The lowest BCUT2D eigenvalue weighted by atomic mass is 9.90. The molecule has 2 aromatic carbocycles. The van der Waals surface area contributed by atoms with Crippen molar-refractivity contribution < 1.29 is 4.43 Å². The van der Waals surface area contributed by atoms with E-state index in [0.717, 1.165) is 15.6 Å². The molecule has 0 radical (unpaired) electrons. The zero-order valence-electron chi connectivity index (χ0n) is 23.3. The molecule has 3 rings (SSSR count). The first-order valence-corrected chi connectivity index (χ1v) is 17.8. The van der Waals surface area contributed by atoms with Crippen LogP contribution in [0, 0.1) is 0 Å². The maximum Gasteiger partial charge on any atom is 0.193 e. The van der Waals surface area contributed by atoms with Crippen LogP contribution in [-0.2, 0) is 4.43 Å². The lowest BCUT2D eigenvalue weighted by Crippen LogP contribution is -2.48. The lowest BCUT2D eigenvalue weighted by molar-refractivity contribution is 0.125. The minimum atomic E-state index is -2.11. The summed E-state index contributed by atoms with van der Waals surface area (Å²) in [7, 11) is -2.11. The molecule has 0 amide bonds. The zero-order valence-corrected chi connectivity index (χ0v) is 26.7. The molecule has 1 saturated carbocycles.